The number of hydrogen-bond donors (Lipinski definition) is 0. The highest BCUT2D eigenvalue weighted by Crippen LogP contribution is 2.49. The molecule has 0 aliphatic carbocycles. The van der Waals surface area contributed by atoms with Gasteiger partial charge in [-0.2, -0.15) is 13.2 Å². The zero-order valence-corrected chi connectivity index (χ0v) is 18.0. The van der Waals surface area contributed by atoms with Crippen molar-refractivity contribution < 1.29 is 41.2 Å². The molecule has 0 aliphatic heterocycles. The first kappa shape index (κ1) is 24.9. The van der Waals surface area contributed by atoms with Gasteiger partial charge in [0.15, 0.2) is 6.35 Å². The van der Waals surface area contributed by atoms with Crippen molar-refractivity contribution in [2.75, 3.05) is 19.6 Å². The fraction of sp³-hybridized carbons (Fsp3) is 0.333. The van der Waals surface area contributed by atoms with Crippen LogP contribution < -0.4 is 9.47 Å². The molecule has 8 nitrogen and oxygen atoms in total. The molecule has 0 aliphatic rings. The highest BCUT2D eigenvalue weighted by Gasteiger charge is 2.31. The predicted octanol–water partition coefficient (Wildman–Crippen LogP) is 6.66. The van der Waals surface area contributed by atoms with E-state index < -0.39 is 36.3 Å². The van der Waals surface area contributed by atoms with Crippen LogP contribution in [0.4, 0.5) is 18.9 Å². The lowest BCUT2D eigenvalue weighted by Crippen LogP contribution is -2.07. The molecule has 0 bridgehead atoms. The molecule has 0 aromatic heterocycles. The van der Waals surface area contributed by atoms with Gasteiger partial charge >= 0.3 is 19.5 Å². The summed E-state index contributed by atoms with van der Waals surface area (Å²) in [6.45, 7) is 3.32. The number of nitro benzene ring substituents is 1. The zero-order valence-electron chi connectivity index (χ0n) is 16.3. The van der Waals surface area contributed by atoms with Crippen molar-refractivity contribution in [1.29, 1.82) is 0 Å². The largest absolute Gasteiger partial charge is 0.474 e. The minimum atomic E-state index is -4.58. The van der Waals surface area contributed by atoms with Gasteiger partial charge in [-0.3, -0.25) is 14.7 Å². The molecule has 0 fully saturated rings. The van der Waals surface area contributed by atoms with E-state index in [1.54, 1.807) is 13.8 Å². The van der Waals surface area contributed by atoms with Gasteiger partial charge < -0.3 is 18.5 Å². The van der Waals surface area contributed by atoms with Crippen molar-refractivity contribution in [2.45, 2.75) is 20.0 Å². The molecule has 0 N–H and O–H groups in total. The molecule has 0 unspecified atom stereocenters. The van der Waals surface area contributed by atoms with Crippen LogP contribution in [0.15, 0.2) is 36.4 Å². The van der Waals surface area contributed by atoms with Crippen molar-refractivity contribution >= 4 is 24.9 Å². The van der Waals surface area contributed by atoms with E-state index in [4.69, 9.17) is 30.1 Å². The lowest BCUT2D eigenvalue weighted by Gasteiger charge is -2.17. The van der Waals surface area contributed by atoms with E-state index in [1.165, 1.54) is 6.07 Å². The Morgan fingerprint density at radius 2 is 1.71 bits per heavy atom. The molecule has 0 spiro atoms. The van der Waals surface area contributed by atoms with E-state index in [-0.39, 0.29) is 35.5 Å². The van der Waals surface area contributed by atoms with Crippen LogP contribution in [0.1, 0.15) is 19.4 Å². The minimum Gasteiger partial charge on any atom is -0.474 e. The average Bonchev–Trinajstić information content (AvgIpc) is 2.67. The summed E-state index contributed by atoms with van der Waals surface area (Å²) in [6.07, 6.45) is -5.17. The quantitative estimate of drug-likeness (QED) is 0.212. The van der Waals surface area contributed by atoms with Crippen LogP contribution in [0.3, 0.4) is 0 Å². The Bertz CT molecular complexity index is 977. The van der Waals surface area contributed by atoms with Crippen LogP contribution in [-0.4, -0.2) is 24.5 Å². The average molecular weight is 484 g/mol. The van der Waals surface area contributed by atoms with Crippen LogP contribution in [0.5, 0.6) is 17.2 Å². The molecule has 0 saturated carbocycles. The molecule has 0 atom stereocenters. The predicted molar refractivity (Wildman–Crippen MR) is 106 cm³/mol. The lowest BCUT2D eigenvalue weighted by atomic mass is 10.2. The summed E-state index contributed by atoms with van der Waals surface area (Å²) in [4.78, 5) is 10.6. The second-order valence-electron chi connectivity index (χ2n) is 5.85. The summed E-state index contributed by atoms with van der Waals surface area (Å²) in [5, 5.41) is 11.0. The maximum absolute atomic E-state index is 12.8. The normalized spacial score (nSPS) is 11.9. The van der Waals surface area contributed by atoms with Gasteiger partial charge in [-0.15, -0.1) is 0 Å². The third-order valence-corrected chi connectivity index (χ3v) is 5.69. The smallest absolute Gasteiger partial charge is 0.416 e. The number of nitro groups is 1. The first-order valence-electron chi connectivity index (χ1n) is 8.83. The maximum Gasteiger partial charge on any atom is 0.416 e. The molecule has 0 saturated heterocycles. The summed E-state index contributed by atoms with van der Waals surface area (Å²) < 4.78 is 71.7. The van der Waals surface area contributed by atoms with Crippen molar-refractivity contribution in [2.24, 2.45) is 0 Å². The number of halogens is 4. The lowest BCUT2D eigenvalue weighted by molar-refractivity contribution is -0.385. The topological polar surface area (TPSA) is 97.1 Å². The monoisotopic (exact) mass is 483 g/mol. The fourth-order valence-electron chi connectivity index (χ4n) is 2.37. The number of nitrogens with zero attached hydrogens (tertiary/aromatic N) is 1. The zero-order chi connectivity index (χ0) is 23.2. The molecule has 31 heavy (non-hydrogen) atoms. The van der Waals surface area contributed by atoms with Crippen LogP contribution in [0, 0.1) is 10.1 Å². The Balaban J connectivity index is 2.29. The standard InChI is InChI=1S/C18H18ClF3NO7P/c1-3-28-31(26,29-4-2)11-27-17-10-13(6-7-15(17)23(24)25)30-16-8-5-12(9-14(16)19)18(20,21)22/h5-10H,3-4,11H2,1-2H3. The summed E-state index contributed by atoms with van der Waals surface area (Å²) in [7, 11) is -3.66. The van der Waals surface area contributed by atoms with Crippen molar-refractivity contribution in [1.82, 2.24) is 0 Å². The van der Waals surface area contributed by atoms with E-state index in [9.17, 15) is 27.9 Å². The fourth-order valence-corrected chi connectivity index (χ4v) is 3.89. The van der Waals surface area contributed by atoms with Gasteiger partial charge in [0.2, 0.25) is 5.75 Å². The molecular formula is C18H18ClF3NO7P. The minimum absolute atomic E-state index is 0.00934. The number of hydrogen-bond acceptors (Lipinski definition) is 7. The van der Waals surface area contributed by atoms with E-state index in [2.05, 4.69) is 0 Å². The van der Waals surface area contributed by atoms with Gasteiger partial charge in [0, 0.05) is 12.1 Å². The Morgan fingerprint density at radius 1 is 1.06 bits per heavy atom. The van der Waals surface area contributed by atoms with Gasteiger partial charge in [-0.05, 0) is 38.1 Å². The first-order valence-corrected chi connectivity index (χ1v) is 10.9. The molecule has 0 amide bonds. The van der Waals surface area contributed by atoms with Gasteiger partial charge in [-0.25, -0.2) is 0 Å². The van der Waals surface area contributed by atoms with Crippen LogP contribution >= 0.6 is 19.2 Å². The third-order valence-electron chi connectivity index (χ3n) is 3.64. The summed E-state index contributed by atoms with van der Waals surface area (Å²) in [5.74, 6) is -0.418. The summed E-state index contributed by atoms with van der Waals surface area (Å²) in [6, 6.07) is 5.89. The Kier molecular flexibility index (Phi) is 8.30. The number of rotatable bonds is 10. The molecule has 170 valence electrons. The number of ether oxygens (including phenoxy) is 2. The van der Waals surface area contributed by atoms with Gasteiger partial charge in [-0.1, -0.05) is 11.6 Å². The van der Waals surface area contributed by atoms with E-state index >= 15 is 0 Å². The molecule has 13 heteroatoms. The van der Waals surface area contributed by atoms with E-state index in [1.807, 2.05) is 0 Å². The molecule has 2 aromatic rings. The third kappa shape index (κ3) is 6.83. The second kappa shape index (κ2) is 10.3. The highest BCUT2D eigenvalue weighted by atomic mass is 35.5. The van der Waals surface area contributed by atoms with Gasteiger partial charge in [0.25, 0.3) is 0 Å². The number of benzene rings is 2. The molecule has 2 rings (SSSR count). The number of alkyl halides is 3. The van der Waals surface area contributed by atoms with Crippen molar-refractivity contribution in [3.8, 4) is 17.2 Å². The SMILES string of the molecule is CCOP(=O)(COc1cc(Oc2ccc(C(F)(F)F)cc2Cl)ccc1[N+](=O)[O-])OCC. The molecule has 2 aromatic carbocycles. The Labute approximate surface area is 180 Å². The summed E-state index contributed by atoms with van der Waals surface area (Å²) >= 11 is 5.86. The van der Waals surface area contributed by atoms with Gasteiger partial charge in [0.1, 0.15) is 11.5 Å². The van der Waals surface area contributed by atoms with Gasteiger partial charge in [0.05, 0.1) is 28.7 Å². The van der Waals surface area contributed by atoms with E-state index in [0.29, 0.717) is 6.07 Å². The van der Waals surface area contributed by atoms with Crippen molar-refractivity contribution in [3.05, 3.63) is 57.1 Å². The highest BCUT2D eigenvalue weighted by molar-refractivity contribution is 7.53. The first-order chi connectivity index (χ1) is 14.5. The Hall–Kier alpha value is -2.33. The Morgan fingerprint density at radius 3 is 2.23 bits per heavy atom. The van der Waals surface area contributed by atoms with Crippen LogP contribution in [-0.2, 0) is 19.8 Å². The van der Waals surface area contributed by atoms with Crippen LogP contribution in [0.25, 0.3) is 0 Å². The summed E-state index contributed by atoms with van der Waals surface area (Å²) in [5.41, 5.74) is -1.41. The van der Waals surface area contributed by atoms with Crippen LogP contribution in [0.2, 0.25) is 5.02 Å². The molecular weight excluding hydrogens is 466 g/mol. The van der Waals surface area contributed by atoms with E-state index in [0.717, 1.165) is 24.3 Å². The van der Waals surface area contributed by atoms with Crippen molar-refractivity contribution in [3.63, 3.8) is 0 Å². The maximum atomic E-state index is 12.8. The molecule has 0 radical (unpaired) electrons. The second-order valence-corrected chi connectivity index (χ2v) is 8.26. The molecule has 0 heterocycles.